The van der Waals surface area contributed by atoms with E-state index in [0.717, 1.165) is 21.4 Å². The maximum absolute atomic E-state index is 12.4. The van der Waals surface area contributed by atoms with Crippen molar-refractivity contribution in [3.05, 3.63) is 61.4 Å². The summed E-state index contributed by atoms with van der Waals surface area (Å²) in [6, 6.07) is 5.95. The van der Waals surface area contributed by atoms with Crippen LogP contribution < -0.4 is 16.0 Å². The summed E-state index contributed by atoms with van der Waals surface area (Å²) < 4.78 is 8.15. The van der Waals surface area contributed by atoms with E-state index >= 15 is 0 Å². The Labute approximate surface area is 146 Å². The molecule has 1 heterocycles. The van der Waals surface area contributed by atoms with Crippen molar-refractivity contribution in [2.24, 2.45) is 7.05 Å². The zero-order valence-electron chi connectivity index (χ0n) is 15.4. The van der Waals surface area contributed by atoms with Gasteiger partial charge in [0, 0.05) is 19.3 Å². The molecule has 2 rings (SSSR count). The molecular formula is C19H24N2O4. The second-order valence-electron chi connectivity index (χ2n) is 6.34. The number of Topliss-reactive ketones (excluding diaryl/α,β-unsaturated/α-hetero) is 1. The van der Waals surface area contributed by atoms with Gasteiger partial charge >= 0.3 is 5.69 Å². The Morgan fingerprint density at radius 2 is 1.68 bits per heavy atom. The maximum Gasteiger partial charge on any atom is 0.330 e. The van der Waals surface area contributed by atoms with Gasteiger partial charge in [-0.15, -0.1) is 0 Å². The number of hydrogen-bond acceptors (Lipinski definition) is 4. The van der Waals surface area contributed by atoms with Crippen LogP contribution in [0.2, 0.25) is 0 Å². The highest BCUT2D eigenvalue weighted by molar-refractivity contribution is 5.94. The van der Waals surface area contributed by atoms with Gasteiger partial charge in [0.2, 0.25) is 0 Å². The highest BCUT2D eigenvalue weighted by Crippen LogP contribution is 2.16. The summed E-state index contributed by atoms with van der Waals surface area (Å²) in [5, 5.41) is 0. The average molecular weight is 344 g/mol. The second kappa shape index (κ2) is 7.51. The Morgan fingerprint density at radius 3 is 2.24 bits per heavy atom. The molecule has 0 radical (unpaired) electrons. The molecule has 2 aromatic rings. The average Bonchev–Trinajstić information content (AvgIpc) is 2.51. The molecular weight excluding hydrogens is 320 g/mol. The third kappa shape index (κ3) is 4.07. The molecule has 0 amide bonds. The van der Waals surface area contributed by atoms with E-state index in [4.69, 9.17) is 4.74 Å². The Hall–Kier alpha value is -2.63. The Balaban J connectivity index is 2.15. The number of hydrogen-bond donors (Lipinski definition) is 0. The van der Waals surface area contributed by atoms with Gasteiger partial charge in [0.25, 0.3) is 5.56 Å². The normalized spacial score (nSPS) is 10.8. The highest BCUT2D eigenvalue weighted by atomic mass is 16.5. The lowest BCUT2D eigenvalue weighted by Gasteiger charge is -2.13. The highest BCUT2D eigenvalue weighted by Gasteiger charge is 2.17. The lowest BCUT2D eigenvalue weighted by atomic mass is 10.1. The van der Waals surface area contributed by atoms with Crippen molar-refractivity contribution in [3.8, 4) is 5.75 Å². The van der Waals surface area contributed by atoms with Crippen LogP contribution in [0.15, 0.2) is 27.8 Å². The molecule has 6 heteroatoms. The minimum absolute atomic E-state index is 0.0670. The number of carbonyl (C=O) groups excluding carboxylic acids is 1. The maximum atomic E-state index is 12.4. The van der Waals surface area contributed by atoms with Crippen molar-refractivity contribution in [3.63, 3.8) is 0 Å². The van der Waals surface area contributed by atoms with Crippen molar-refractivity contribution < 1.29 is 9.53 Å². The summed E-state index contributed by atoms with van der Waals surface area (Å²) in [7, 11) is 1.56. The van der Waals surface area contributed by atoms with Gasteiger partial charge in [0.15, 0.2) is 5.78 Å². The van der Waals surface area contributed by atoms with Crippen molar-refractivity contribution in [2.45, 2.75) is 40.7 Å². The van der Waals surface area contributed by atoms with E-state index in [1.807, 2.05) is 26.0 Å². The molecule has 1 aromatic carbocycles. The fourth-order valence-corrected chi connectivity index (χ4v) is 2.90. The van der Waals surface area contributed by atoms with Crippen LogP contribution in [0.1, 0.15) is 40.5 Å². The van der Waals surface area contributed by atoms with Crippen LogP contribution in [0, 0.1) is 20.8 Å². The van der Waals surface area contributed by atoms with E-state index in [0.29, 0.717) is 18.7 Å². The number of aryl methyl sites for hydroxylation is 2. The molecule has 0 bridgehead atoms. The standard InChI is InChI=1S/C19H24N2O4/c1-12-9-13(2)11-16(10-12)25-8-6-7-21-18(23)17(15(4)22)14(3)20(5)19(21)24/h9-11H,6-8H2,1-5H3. The number of nitrogens with zero attached hydrogens (tertiary/aromatic N) is 2. The summed E-state index contributed by atoms with van der Waals surface area (Å²) in [4.78, 5) is 36.5. The fraction of sp³-hybridized carbons (Fsp3) is 0.421. The zero-order chi connectivity index (χ0) is 18.7. The number of rotatable bonds is 6. The molecule has 0 aliphatic carbocycles. The molecule has 0 fully saturated rings. The van der Waals surface area contributed by atoms with Gasteiger partial charge in [0.1, 0.15) is 11.3 Å². The molecule has 6 nitrogen and oxygen atoms in total. The molecule has 0 saturated carbocycles. The first kappa shape index (κ1) is 18.7. The van der Waals surface area contributed by atoms with E-state index < -0.39 is 11.2 Å². The van der Waals surface area contributed by atoms with Crippen molar-refractivity contribution in [1.82, 2.24) is 9.13 Å². The van der Waals surface area contributed by atoms with Crippen LogP contribution in [0.3, 0.4) is 0 Å². The van der Waals surface area contributed by atoms with Gasteiger partial charge in [0.05, 0.1) is 6.61 Å². The number of ketones is 1. The molecule has 0 unspecified atom stereocenters. The lowest BCUT2D eigenvalue weighted by Crippen LogP contribution is -2.43. The second-order valence-corrected chi connectivity index (χ2v) is 6.34. The molecule has 0 aliphatic rings. The smallest absolute Gasteiger partial charge is 0.330 e. The molecule has 1 aromatic heterocycles. The summed E-state index contributed by atoms with van der Waals surface area (Å²) in [6.45, 7) is 7.52. The van der Waals surface area contributed by atoms with Gasteiger partial charge in [-0.05, 0) is 57.4 Å². The topological polar surface area (TPSA) is 70.3 Å². The van der Waals surface area contributed by atoms with Gasteiger partial charge < -0.3 is 9.30 Å². The Morgan fingerprint density at radius 1 is 1.08 bits per heavy atom. The molecule has 134 valence electrons. The first-order valence-corrected chi connectivity index (χ1v) is 8.25. The molecule has 0 saturated heterocycles. The van der Waals surface area contributed by atoms with Crippen LogP contribution >= 0.6 is 0 Å². The van der Waals surface area contributed by atoms with Crippen molar-refractivity contribution in [1.29, 1.82) is 0 Å². The van der Waals surface area contributed by atoms with Gasteiger partial charge in [-0.2, -0.15) is 0 Å². The Kier molecular flexibility index (Phi) is 5.62. The summed E-state index contributed by atoms with van der Waals surface area (Å²) in [6.07, 6.45) is 0.489. The first-order valence-electron chi connectivity index (χ1n) is 8.25. The van der Waals surface area contributed by atoms with E-state index in [-0.39, 0.29) is 17.9 Å². The zero-order valence-corrected chi connectivity index (χ0v) is 15.4. The minimum Gasteiger partial charge on any atom is -0.494 e. The van der Waals surface area contributed by atoms with Crippen LogP contribution in [0.4, 0.5) is 0 Å². The number of carbonyl (C=O) groups is 1. The third-order valence-electron chi connectivity index (χ3n) is 4.18. The van der Waals surface area contributed by atoms with Crippen LogP contribution in [0.5, 0.6) is 5.75 Å². The predicted molar refractivity (Wildman–Crippen MR) is 96.7 cm³/mol. The SMILES string of the molecule is CC(=O)c1c(C)n(C)c(=O)n(CCCOc2cc(C)cc(C)c2)c1=O. The first-order chi connectivity index (χ1) is 11.7. The monoisotopic (exact) mass is 344 g/mol. The summed E-state index contributed by atoms with van der Waals surface area (Å²) >= 11 is 0. The summed E-state index contributed by atoms with van der Waals surface area (Å²) in [5.74, 6) is 0.435. The van der Waals surface area contributed by atoms with Gasteiger partial charge in [-0.3, -0.25) is 14.2 Å². The molecule has 0 aliphatic heterocycles. The van der Waals surface area contributed by atoms with Crippen LogP contribution in [-0.4, -0.2) is 21.5 Å². The largest absolute Gasteiger partial charge is 0.494 e. The Bertz CT molecular complexity index is 902. The van der Waals surface area contributed by atoms with Gasteiger partial charge in [-0.25, -0.2) is 4.79 Å². The molecule has 25 heavy (non-hydrogen) atoms. The lowest BCUT2D eigenvalue weighted by molar-refractivity contribution is 0.101. The number of benzene rings is 1. The van der Waals surface area contributed by atoms with Crippen molar-refractivity contribution in [2.75, 3.05) is 6.61 Å². The fourth-order valence-electron chi connectivity index (χ4n) is 2.90. The van der Waals surface area contributed by atoms with Crippen LogP contribution in [0.25, 0.3) is 0 Å². The molecule has 0 spiro atoms. The van der Waals surface area contributed by atoms with Crippen molar-refractivity contribution >= 4 is 5.78 Å². The molecule has 0 N–H and O–H groups in total. The minimum atomic E-state index is -0.528. The van der Waals surface area contributed by atoms with Gasteiger partial charge in [-0.1, -0.05) is 6.07 Å². The number of ether oxygens (including phenoxy) is 1. The van der Waals surface area contributed by atoms with E-state index in [9.17, 15) is 14.4 Å². The van der Waals surface area contributed by atoms with Crippen LogP contribution in [-0.2, 0) is 13.6 Å². The molecule has 0 atom stereocenters. The van der Waals surface area contributed by atoms with E-state index in [2.05, 4.69) is 6.07 Å². The summed E-state index contributed by atoms with van der Waals surface area (Å²) in [5.41, 5.74) is 1.75. The number of aromatic nitrogens is 2. The predicted octanol–water partition coefficient (Wildman–Crippen LogP) is 2.14. The van der Waals surface area contributed by atoms with E-state index in [1.165, 1.54) is 11.5 Å². The quantitative estimate of drug-likeness (QED) is 0.595. The van der Waals surface area contributed by atoms with E-state index in [1.54, 1.807) is 14.0 Å². The third-order valence-corrected chi connectivity index (χ3v) is 4.18.